The van der Waals surface area contributed by atoms with Gasteiger partial charge in [0, 0.05) is 28.0 Å². The van der Waals surface area contributed by atoms with E-state index < -0.39 is 0 Å². The molecule has 2 N–H and O–H groups in total. The summed E-state index contributed by atoms with van der Waals surface area (Å²) in [5.74, 6) is 0.717. The Labute approximate surface area is 146 Å². The Balaban J connectivity index is 1.89. The van der Waals surface area contributed by atoms with Crippen LogP contribution in [0, 0.1) is 0 Å². The fraction of sp³-hybridized carbons (Fsp3) is 0.0526. The van der Waals surface area contributed by atoms with Crippen molar-refractivity contribution in [3.8, 4) is 0 Å². The minimum atomic E-state index is -0.110. The number of anilines is 1. The zero-order valence-corrected chi connectivity index (χ0v) is 14.3. The molecule has 0 radical (unpaired) electrons. The third-order valence-electron chi connectivity index (χ3n) is 3.98. The molecule has 2 aromatic carbocycles. The standard InChI is InChI=1S/C19H14BrN3O/c20-13-6-7-16-15(10-13)17-14(8-9-21-19(17)24)18(23-16)22-11-12-4-2-1-3-5-12/h1-10H,11H2,(H,21,24)(H,22,23). The quantitative estimate of drug-likeness (QED) is 0.517. The molecule has 0 aliphatic rings. The highest BCUT2D eigenvalue weighted by molar-refractivity contribution is 9.10. The van der Waals surface area contributed by atoms with Crippen molar-refractivity contribution in [2.75, 3.05) is 5.32 Å². The number of nitrogens with one attached hydrogen (secondary N) is 2. The maximum Gasteiger partial charge on any atom is 0.256 e. The average Bonchev–Trinajstić information content (AvgIpc) is 2.61. The van der Waals surface area contributed by atoms with Crippen molar-refractivity contribution in [1.82, 2.24) is 9.97 Å². The van der Waals surface area contributed by atoms with Crippen LogP contribution >= 0.6 is 15.9 Å². The van der Waals surface area contributed by atoms with Crippen LogP contribution in [0.4, 0.5) is 5.82 Å². The summed E-state index contributed by atoms with van der Waals surface area (Å²) in [5.41, 5.74) is 1.84. The minimum absolute atomic E-state index is 0.110. The van der Waals surface area contributed by atoms with Gasteiger partial charge in [-0.3, -0.25) is 4.79 Å². The second-order valence-electron chi connectivity index (χ2n) is 5.56. The van der Waals surface area contributed by atoms with Crippen molar-refractivity contribution < 1.29 is 0 Å². The second kappa shape index (κ2) is 6.09. The van der Waals surface area contributed by atoms with E-state index in [1.807, 2.05) is 42.5 Å². The van der Waals surface area contributed by atoms with Crippen molar-refractivity contribution in [2.45, 2.75) is 6.54 Å². The summed E-state index contributed by atoms with van der Waals surface area (Å²) in [7, 11) is 0. The van der Waals surface area contributed by atoms with Gasteiger partial charge in [-0.25, -0.2) is 4.98 Å². The van der Waals surface area contributed by atoms with Gasteiger partial charge in [-0.2, -0.15) is 0 Å². The van der Waals surface area contributed by atoms with E-state index in [1.165, 1.54) is 0 Å². The molecule has 0 unspecified atom stereocenters. The molecule has 2 aromatic heterocycles. The van der Waals surface area contributed by atoms with E-state index in [0.717, 1.165) is 32.1 Å². The summed E-state index contributed by atoms with van der Waals surface area (Å²) in [6, 6.07) is 17.8. The first-order valence-corrected chi connectivity index (χ1v) is 8.40. The summed E-state index contributed by atoms with van der Waals surface area (Å²) < 4.78 is 0.923. The molecule has 0 spiro atoms. The summed E-state index contributed by atoms with van der Waals surface area (Å²) in [5, 5.41) is 5.67. The van der Waals surface area contributed by atoms with Crippen molar-refractivity contribution in [1.29, 1.82) is 0 Å². The molecule has 4 aromatic rings. The minimum Gasteiger partial charge on any atom is -0.365 e. The molecule has 4 nitrogen and oxygen atoms in total. The molecule has 0 amide bonds. The molecule has 0 aliphatic carbocycles. The van der Waals surface area contributed by atoms with Gasteiger partial charge in [0.2, 0.25) is 0 Å². The number of fused-ring (bicyclic) bond motifs is 3. The predicted octanol–water partition coefficient (Wildman–Crippen LogP) is 4.45. The fourth-order valence-corrected chi connectivity index (χ4v) is 3.21. The van der Waals surface area contributed by atoms with Gasteiger partial charge in [-0.15, -0.1) is 0 Å². The number of nitrogens with zero attached hydrogens (tertiary/aromatic N) is 1. The smallest absolute Gasteiger partial charge is 0.256 e. The van der Waals surface area contributed by atoms with E-state index in [9.17, 15) is 4.79 Å². The summed E-state index contributed by atoms with van der Waals surface area (Å²) in [6.45, 7) is 0.651. The molecule has 0 atom stereocenters. The number of benzene rings is 2. The van der Waals surface area contributed by atoms with Crippen LogP contribution in [-0.2, 0) is 6.54 Å². The largest absolute Gasteiger partial charge is 0.365 e. The lowest BCUT2D eigenvalue weighted by Gasteiger charge is -2.11. The first-order valence-electron chi connectivity index (χ1n) is 7.61. The van der Waals surface area contributed by atoms with Gasteiger partial charge < -0.3 is 10.3 Å². The lowest BCUT2D eigenvalue weighted by Crippen LogP contribution is -2.09. The topological polar surface area (TPSA) is 57.8 Å². The van der Waals surface area contributed by atoms with Crippen LogP contribution < -0.4 is 10.9 Å². The molecular weight excluding hydrogens is 366 g/mol. The van der Waals surface area contributed by atoms with E-state index in [1.54, 1.807) is 6.20 Å². The molecule has 24 heavy (non-hydrogen) atoms. The first kappa shape index (κ1) is 14.9. The van der Waals surface area contributed by atoms with Crippen LogP contribution in [0.3, 0.4) is 0 Å². The lowest BCUT2D eigenvalue weighted by atomic mass is 10.1. The zero-order valence-electron chi connectivity index (χ0n) is 12.7. The summed E-state index contributed by atoms with van der Waals surface area (Å²) in [4.78, 5) is 19.9. The van der Waals surface area contributed by atoms with Gasteiger partial charge in [-0.05, 0) is 29.8 Å². The van der Waals surface area contributed by atoms with Crippen molar-refractivity contribution in [3.63, 3.8) is 0 Å². The van der Waals surface area contributed by atoms with E-state index >= 15 is 0 Å². The number of rotatable bonds is 3. The summed E-state index contributed by atoms with van der Waals surface area (Å²) in [6.07, 6.45) is 1.66. The van der Waals surface area contributed by atoms with E-state index in [0.29, 0.717) is 11.9 Å². The lowest BCUT2D eigenvalue weighted by molar-refractivity contribution is 1.13. The number of halogens is 1. The highest BCUT2D eigenvalue weighted by Crippen LogP contribution is 2.29. The van der Waals surface area contributed by atoms with Crippen molar-refractivity contribution in [3.05, 3.63) is 81.2 Å². The Morgan fingerprint density at radius 2 is 1.88 bits per heavy atom. The van der Waals surface area contributed by atoms with E-state index in [2.05, 4.69) is 38.4 Å². The molecule has 4 rings (SSSR count). The van der Waals surface area contributed by atoms with Crippen molar-refractivity contribution >= 4 is 43.4 Å². The average molecular weight is 380 g/mol. The maximum atomic E-state index is 12.4. The Bertz CT molecular complexity index is 1090. The number of H-pyrrole nitrogens is 1. The van der Waals surface area contributed by atoms with Crippen LogP contribution in [0.25, 0.3) is 21.7 Å². The van der Waals surface area contributed by atoms with Crippen LogP contribution in [0.15, 0.2) is 70.1 Å². The molecule has 0 saturated carbocycles. The Morgan fingerprint density at radius 1 is 1.04 bits per heavy atom. The normalized spacial score (nSPS) is 11.0. The van der Waals surface area contributed by atoms with Crippen LogP contribution in [-0.4, -0.2) is 9.97 Å². The molecule has 5 heteroatoms. The van der Waals surface area contributed by atoms with Crippen LogP contribution in [0.5, 0.6) is 0 Å². The van der Waals surface area contributed by atoms with Crippen molar-refractivity contribution in [2.24, 2.45) is 0 Å². The number of hydrogen-bond donors (Lipinski definition) is 2. The highest BCUT2D eigenvalue weighted by Gasteiger charge is 2.11. The molecule has 0 saturated heterocycles. The number of aromatic nitrogens is 2. The number of hydrogen-bond acceptors (Lipinski definition) is 3. The molecule has 0 fully saturated rings. The van der Waals surface area contributed by atoms with E-state index in [4.69, 9.17) is 4.98 Å². The Morgan fingerprint density at radius 3 is 2.71 bits per heavy atom. The third kappa shape index (κ3) is 2.67. The second-order valence-corrected chi connectivity index (χ2v) is 6.47. The number of aromatic amines is 1. The fourth-order valence-electron chi connectivity index (χ4n) is 2.85. The highest BCUT2D eigenvalue weighted by atomic mass is 79.9. The van der Waals surface area contributed by atoms with Gasteiger partial charge >= 0.3 is 0 Å². The number of pyridine rings is 2. The molecule has 118 valence electrons. The van der Waals surface area contributed by atoms with E-state index in [-0.39, 0.29) is 5.56 Å². The predicted molar refractivity (Wildman–Crippen MR) is 101 cm³/mol. The van der Waals surface area contributed by atoms with Gasteiger partial charge in [0.1, 0.15) is 5.82 Å². The molecular formula is C19H14BrN3O. The molecule has 2 heterocycles. The van der Waals surface area contributed by atoms with Crippen LogP contribution in [0.1, 0.15) is 5.56 Å². The maximum absolute atomic E-state index is 12.4. The Kier molecular flexibility index (Phi) is 3.78. The van der Waals surface area contributed by atoms with Gasteiger partial charge in [-0.1, -0.05) is 46.3 Å². The summed E-state index contributed by atoms with van der Waals surface area (Å²) >= 11 is 3.47. The SMILES string of the molecule is O=c1[nH]ccc2c(NCc3ccccc3)nc3ccc(Br)cc3c12. The third-order valence-corrected chi connectivity index (χ3v) is 4.47. The van der Waals surface area contributed by atoms with Crippen LogP contribution in [0.2, 0.25) is 0 Å². The van der Waals surface area contributed by atoms with Gasteiger partial charge in [0.05, 0.1) is 10.9 Å². The van der Waals surface area contributed by atoms with Gasteiger partial charge in [0.25, 0.3) is 5.56 Å². The monoisotopic (exact) mass is 379 g/mol. The molecule has 0 bridgehead atoms. The first-order chi connectivity index (χ1) is 11.7. The zero-order chi connectivity index (χ0) is 16.5. The van der Waals surface area contributed by atoms with Gasteiger partial charge in [0.15, 0.2) is 0 Å². The Hall–Kier alpha value is -2.66. The molecule has 0 aliphatic heterocycles.